The molecule has 0 saturated carbocycles. The van der Waals surface area contributed by atoms with Gasteiger partial charge in [0, 0.05) is 24.3 Å². The van der Waals surface area contributed by atoms with Crippen LogP contribution in [0.25, 0.3) is 0 Å². The number of amides is 2. The summed E-state index contributed by atoms with van der Waals surface area (Å²) in [6, 6.07) is 6.50. The average Bonchev–Trinajstić information content (AvgIpc) is 2.87. The lowest BCUT2D eigenvalue weighted by Crippen LogP contribution is -2.42. The average molecular weight is 354 g/mol. The van der Waals surface area contributed by atoms with Crippen molar-refractivity contribution in [2.75, 3.05) is 30.5 Å². The van der Waals surface area contributed by atoms with Crippen molar-refractivity contribution in [1.82, 2.24) is 4.90 Å². The number of rotatable bonds is 6. The first-order valence-corrected chi connectivity index (χ1v) is 9.60. The Morgan fingerprint density at radius 3 is 2.71 bits per heavy atom. The lowest BCUT2D eigenvalue weighted by Gasteiger charge is -2.26. The van der Waals surface area contributed by atoms with Gasteiger partial charge in [-0.2, -0.15) is 0 Å². The molecule has 132 valence electrons. The fourth-order valence-corrected chi connectivity index (χ4v) is 4.53. The Morgan fingerprint density at radius 1 is 1.38 bits per heavy atom. The molecule has 1 N–H and O–H groups in total. The van der Waals surface area contributed by atoms with Gasteiger partial charge in [0.05, 0.1) is 18.6 Å². The Hall–Kier alpha value is -2.09. The minimum absolute atomic E-state index is 0.0237. The van der Waals surface area contributed by atoms with Crippen LogP contribution in [0.3, 0.4) is 0 Å². The van der Waals surface area contributed by atoms with Crippen molar-refractivity contribution in [3.05, 3.63) is 24.3 Å². The van der Waals surface area contributed by atoms with Crippen LogP contribution in [0.4, 0.5) is 5.69 Å². The molecule has 1 aliphatic rings. The van der Waals surface area contributed by atoms with Crippen LogP contribution in [-0.2, 0) is 19.4 Å². The van der Waals surface area contributed by atoms with Gasteiger partial charge in [0.2, 0.25) is 11.8 Å². The molecule has 1 aliphatic heterocycles. The Bertz CT molecular complexity index is 717. The molecule has 1 aromatic carbocycles. The second kappa shape index (κ2) is 7.65. The molecule has 0 aliphatic carbocycles. The number of sulfone groups is 1. The zero-order valence-electron chi connectivity index (χ0n) is 13.8. The molecule has 0 spiro atoms. The molecule has 0 aromatic heterocycles. The molecule has 8 heteroatoms. The van der Waals surface area contributed by atoms with Gasteiger partial charge in [-0.05, 0) is 25.5 Å². The smallest absolute Gasteiger partial charge is 0.233 e. The summed E-state index contributed by atoms with van der Waals surface area (Å²) in [5.41, 5.74) is 0.540. The summed E-state index contributed by atoms with van der Waals surface area (Å²) < 4.78 is 28.2. The van der Waals surface area contributed by atoms with E-state index in [0.717, 1.165) is 0 Å². The number of carbonyl (C=O) groups excluding carboxylic acids is 2. The van der Waals surface area contributed by atoms with Crippen LogP contribution in [-0.4, -0.2) is 56.3 Å². The molecule has 24 heavy (non-hydrogen) atoms. The Morgan fingerprint density at radius 2 is 2.12 bits per heavy atom. The fraction of sp³-hybridized carbons (Fsp3) is 0.500. The van der Waals surface area contributed by atoms with Gasteiger partial charge in [0.25, 0.3) is 0 Å². The summed E-state index contributed by atoms with van der Waals surface area (Å²) in [6.07, 6.45) is 0.112. The zero-order valence-corrected chi connectivity index (χ0v) is 14.6. The molecule has 1 fully saturated rings. The first kappa shape index (κ1) is 18.3. The maximum atomic E-state index is 12.3. The van der Waals surface area contributed by atoms with Crippen molar-refractivity contribution in [2.45, 2.75) is 25.8 Å². The van der Waals surface area contributed by atoms with Gasteiger partial charge in [0.1, 0.15) is 12.2 Å². The predicted octanol–water partition coefficient (Wildman–Crippen LogP) is 1.06. The maximum absolute atomic E-state index is 12.3. The lowest BCUT2D eigenvalue weighted by molar-refractivity contribution is -0.135. The topological polar surface area (TPSA) is 92.8 Å². The molecule has 7 nitrogen and oxygen atoms in total. The van der Waals surface area contributed by atoms with Crippen molar-refractivity contribution in [1.29, 1.82) is 0 Å². The van der Waals surface area contributed by atoms with E-state index in [9.17, 15) is 18.0 Å². The molecule has 0 bridgehead atoms. The number of benzene rings is 1. The summed E-state index contributed by atoms with van der Waals surface area (Å²) in [7, 11) is -1.55. The highest BCUT2D eigenvalue weighted by Crippen LogP contribution is 2.19. The van der Waals surface area contributed by atoms with Gasteiger partial charge >= 0.3 is 0 Å². The number of methoxy groups -OCH3 is 1. The Kier molecular flexibility index (Phi) is 5.82. The standard InChI is InChI=1S/C16H22N2O5S/c1-3-18(13-7-8-24(21,22)11-13)16(20)10-15(19)17-12-5-4-6-14(9-12)23-2/h4-6,9,13H,3,7-8,10-11H2,1-2H3,(H,17,19). The Balaban J connectivity index is 1.95. The summed E-state index contributed by atoms with van der Waals surface area (Å²) in [5.74, 6) is -0.125. The fourth-order valence-electron chi connectivity index (χ4n) is 2.80. The second-order valence-electron chi connectivity index (χ2n) is 5.69. The van der Waals surface area contributed by atoms with Gasteiger partial charge in [-0.1, -0.05) is 6.07 Å². The van der Waals surface area contributed by atoms with E-state index >= 15 is 0 Å². The predicted molar refractivity (Wildman–Crippen MR) is 90.7 cm³/mol. The van der Waals surface area contributed by atoms with Gasteiger partial charge in [-0.15, -0.1) is 0 Å². The van der Waals surface area contributed by atoms with E-state index in [0.29, 0.717) is 24.4 Å². The molecule has 2 rings (SSSR count). The summed E-state index contributed by atoms with van der Waals surface area (Å²) in [4.78, 5) is 25.9. The van der Waals surface area contributed by atoms with E-state index in [1.807, 2.05) is 0 Å². The van der Waals surface area contributed by atoms with Crippen LogP contribution in [0.2, 0.25) is 0 Å². The molecule has 1 unspecified atom stereocenters. The van der Waals surface area contributed by atoms with Crippen molar-refractivity contribution < 1.29 is 22.7 Å². The molecule has 0 radical (unpaired) electrons. The Labute approximate surface area is 141 Å². The number of hydrogen-bond donors (Lipinski definition) is 1. The van der Waals surface area contributed by atoms with Gasteiger partial charge in [0.15, 0.2) is 9.84 Å². The number of nitrogens with one attached hydrogen (secondary N) is 1. The number of carbonyl (C=O) groups is 2. The third kappa shape index (κ3) is 4.70. The van der Waals surface area contributed by atoms with E-state index in [1.165, 1.54) is 12.0 Å². The lowest BCUT2D eigenvalue weighted by atomic mass is 10.2. The molecular formula is C16H22N2O5S. The van der Waals surface area contributed by atoms with Crippen LogP contribution in [0.15, 0.2) is 24.3 Å². The third-order valence-electron chi connectivity index (χ3n) is 3.98. The van der Waals surface area contributed by atoms with Crippen LogP contribution >= 0.6 is 0 Å². The normalized spacial score (nSPS) is 18.8. The molecule has 1 atom stereocenters. The van der Waals surface area contributed by atoms with Crippen LogP contribution in [0.5, 0.6) is 5.75 Å². The molecule has 2 amide bonds. The minimum atomic E-state index is -3.08. The van der Waals surface area contributed by atoms with Crippen LogP contribution in [0.1, 0.15) is 19.8 Å². The summed E-state index contributed by atoms with van der Waals surface area (Å²) in [5, 5.41) is 2.65. The molecule has 1 saturated heterocycles. The van der Waals surface area contributed by atoms with Crippen molar-refractivity contribution in [2.24, 2.45) is 0 Å². The number of anilines is 1. The maximum Gasteiger partial charge on any atom is 0.233 e. The quantitative estimate of drug-likeness (QED) is 0.771. The van der Waals surface area contributed by atoms with E-state index in [2.05, 4.69) is 5.32 Å². The van der Waals surface area contributed by atoms with E-state index in [-0.39, 0.29) is 29.9 Å². The minimum Gasteiger partial charge on any atom is -0.497 e. The van der Waals surface area contributed by atoms with Crippen LogP contribution in [0, 0.1) is 0 Å². The summed E-state index contributed by atoms with van der Waals surface area (Å²) in [6.45, 7) is 2.16. The first-order chi connectivity index (χ1) is 11.3. The van der Waals surface area contributed by atoms with E-state index in [4.69, 9.17) is 4.74 Å². The number of nitrogens with zero attached hydrogens (tertiary/aromatic N) is 1. The SMILES string of the molecule is CCN(C(=O)CC(=O)Nc1cccc(OC)c1)C1CCS(=O)(=O)C1. The van der Waals surface area contributed by atoms with Gasteiger partial charge in [-0.25, -0.2) is 8.42 Å². The summed E-state index contributed by atoms with van der Waals surface area (Å²) >= 11 is 0. The van der Waals surface area contributed by atoms with Crippen molar-refractivity contribution >= 4 is 27.3 Å². The monoisotopic (exact) mass is 354 g/mol. The van der Waals surface area contributed by atoms with E-state index in [1.54, 1.807) is 31.2 Å². The highest BCUT2D eigenvalue weighted by molar-refractivity contribution is 7.91. The highest BCUT2D eigenvalue weighted by Gasteiger charge is 2.34. The van der Waals surface area contributed by atoms with Crippen LogP contribution < -0.4 is 10.1 Å². The second-order valence-corrected chi connectivity index (χ2v) is 7.92. The van der Waals surface area contributed by atoms with Crippen molar-refractivity contribution in [3.63, 3.8) is 0 Å². The zero-order chi connectivity index (χ0) is 17.7. The molecule has 1 heterocycles. The highest BCUT2D eigenvalue weighted by atomic mass is 32.2. The molecule has 1 aromatic rings. The van der Waals surface area contributed by atoms with Gasteiger partial charge < -0.3 is 15.0 Å². The first-order valence-electron chi connectivity index (χ1n) is 7.78. The number of hydrogen-bond acceptors (Lipinski definition) is 5. The van der Waals surface area contributed by atoms with Gasteiger partial charge in [-0.3, -0.25) is 9.59 Å². The third-order valence-corrected chi connectivity index (χ3v) is 5.73. The number of ether oxygens (including phenoxy) is 1. The van der Waals surface area contributed by atoms with E-state index < -0.39 is 15.7 Å². The molecular weight excluding hydrogens is 332 g/mol. The largest absolute Gasteiger partial charge is 0.497 e. The van der Waals surface area contributed by atoms with Crippen molar-refractivity contribution in [3.8, 4) is 5.75 Å².